The zero-order chi connectivity index (χ0) is 15.9. The second-order valence-electron chi connectivity index (χ2n) is 5.56. The van der Waals surface area contributed by atoms with Crippen molar-refractivity contribution in [1.29, 1.82) is 0 Å². The van der Waals surface area contributed by atoms with E-state index >= 15 is 0 Å². The maximum absolute atomic E-state index is 5.82. The van der Waals surface area contributed by atoms with Crippen LogP contribution in [0.25, 0.3) is 11.5 Å². The third kappa shape index (κ3) is 4.27. The first kappa shape index (κ1) is 15.4. The van der Waals surface area contributed by atoms with Gasteiger partial charge in [-0.05, 0) is 30.7 Å². The number of hydrogen-bond donors (Lipinski definition) is 0. The molecule has 118 valence electrons. The highest BCUT2D eigenvalue weighted by molar-refractivity contribution is 5.51. The molecule has 3 rings (SSSR count). The summed E-state index contributed by atoms with van der Waals surface area (Å²) in [5, 5.41) is 8.36. The van der Waals surface area contributed by atoms with E-state index in [9.17, 15) is 0 Å². The molecule has 0 saturated heterocycles. The quantitative estimate of drug-likeness (QED) is 0.657. The first-order valence-electron chi connectivity index (χ1n) is 7.99. The van der Waals surface area contributed by atoms with Crippen molar-refractivity contribution >= 4 is 0 Å². The molecule has 0 radical (unpaired) electrons. The van der Waals surface area contributed by atoms with Crippen molar-refractivity contribution in [2.75, 3.05) is 6.54 Å². The van der Waals surface area contributed by atoms with Crippen LogP contribution in [0.5, 0.6) is 0 Å². The SMILES string of the molecule is CCCN(Cc1ccccc1)Cc1nnc(-c2ccccc2)o1. The normalized spacial score (nSPS) is 11.0. The van der Waals surface area contributed by atoms with Crippen molar-refractivity contribution in [2.45, 2.75) is 26.4 Å². The molecule has 1 aromatic heterocycles. The topological polar surface area (TPSA) is 42.2 Å². The molecule has 1 heterocycles. The van der Waals surface area contributed by atoms with Crippen LogP contribution in [-0.2, 0) is 13.1 Å². The van der Waals surface area contributed by atoms with Gasteiger partial charge in [-0.1, -0.05) is 55.5 Å². The van der Waals surface area contributed by atoms with Crippen LogP contribution in [0, 0.1) is 0 Å². The van der Waals surface area contributed by atoms with Gasteiger partial charge in [0.1, 0.15) is 0 Å². The second-order valence-corrected chi connectivity index (χ2v) is 5.56. The van der Waals surface area contributed by atoms with Gasteiger partial charge in [0.15, 0.2) is 0 Å². The van der Waals surface area contributed by atoms with Crippen LogP contribution in [0.3, 0.4) is 0 Å². The van der Waals surface area contributed by atoms with Gasteiger partial charge in [0, 0.05) is 12.1 Å². The van der Waals surface area contributed by atoms with E-state index in [1.54, 1.807) is 0 Å². The molecule has 4 nitrogen and oxygen atoms in total. The Labute approximate surface area is 136 Å². The minimum atomic E-state index is 0.580. The predicted octanol–water partition coefficient (Wildman–Crippen LogP) is 4.15. The van der Waals surface area contributed by atoms with Gasteiger partial charge in [-0.15, -0.1) is 10.2 Å². The highest BCUT2D eigenvalue weighted by Gasteiger charge is 2.12. The molecule has 0 aliphatic heterocycles. The summed E-state index contributed by atoms with van der Waals surface area (Å²) in [6.07, 6.45) is 1.09. The Morgan fingerprint density at radius 2 is 1.57 bits per heavy atom. The molecule has 4 heteroatoms. The first-order valence-corrected chi connectivity index (χ1v) is 7.99. The molecule has 0 saturated carbocycles. The average molecular weight is 307 g/mol. The largest absolute Gasteiger partial charge is 0.419 e. The summed E-state index contributed by atoms with van der Waals surface area (Å²) >= 11 is 0. The van der Waals surface area contributed by atoms with Gasteiger partial charge in [-0.25, -0.2) is 0 Å². The average Bonchev–Trinajstić information content (AvgIpc) is 3.05. The summed E-state index contributed by atoms with van der Waals surface area (Å²) in [6.45, 7) is 4.74. The lowest BCUT2D eigenvalue weighted by atomic mass is 10.2. The van der Waals surface area contributed by atoms with Crippen molar-refractivity contribution in [1.82, 2.24) is 15.1 Å². The lowest BCUT2D eigenvalue weighted by Crippen LogP contribution is -2.23. The fourth-order valence-corrected chi connectivity index (χ4v) is 2.58. The smallest absolute Gasteiger partial charge is 0.247 e. The van der Waals surface area contributed by atoms with E-state index in [2.05, 4.69) is 46.3 Å². The highest BCUT2D eigenvalue weighted by Crippen LogP contribution is 2.18. The molecular weight excluding hydrogens is 286 g/mol. The van der Waals surface area contributed by atoms with Gasteiger partial charge in [0.2, 0.25) is 11.8 Å². The number of aromatic nitrogens is 2. The zero-order valence-electron chi connectivity index (χ0n) is 13.4. The summed E-state index contributed by atoms with van der Waals surface area (Å²) in [6, 6.07) is 20.3. The molecule has 0 amide bonds. The fraction of sp³-hybridized carbons (Fsp3) is 0.263. The Balaban J connectivity index is 1.69. The molecule has 0 aliphatic carbocycles. The molecule has 3 aromatic rings. The summed E-state index contributed by atoms with van der Waals surface area (Å²) < 4.78 is 5.82. The summed E-state index contributed by atoms with van der Waals surface area (Å²) in [5.41, 5.74) is 2.25. The van der Waals surface area contributed by atoms with E-state index in [1.165, 1.54) is 5.56 Å². The summed E-state index contributed by atoms with van der Waals surface area (Å²) in [4.78, 5) is 2.33. The molecule has 23 heavy (non-hydrogen) atoms. The Morgan fingerprint density at radius 1 is 0.870 bits per heavy atom. The first-order chi connectivity index (χ1) is 11.3. The summed E-state index contributed by atoms with van der Waals surface area (Å²) in [5.74, 6) is 1.24. The fourth-order valence-electron chi connectivity index (χ4n) is 2.58. The van der Waals surface area contributed by atoms with Crippen LogP contribution >= 0.6 is 0 Å². The van der Waals surface area contributed by atoms with Crippen molar-refractivity contribution in [3.8, 4) is 11.5 Å². The molecule has 0 bridgehead atoms. The minimum absolute atomic E-state index is 0.580. The maximum Gasteiger partial charge on any atom is 0.247 e. The van der Waals surface area contributed by atoms with Gasteiger partial charge in [0.05, 0.1) is 6.54 Å². The van der Waals surface area contributed by atoms with Crippen molar-refractivity contribution < 1.29 is 4.42 Å². The van der Waals surface area contributed by atoms with E-state index in [0.29, 0.717) is 18.3 Å². The molecule has 0 unspecified atom stereocenters. The molecule has 0 aliphatic rings. The van der Waals surface area contributed by atoms with Crippen LogP contribution in [0.15, 0.2) is 65.1 Å². The van der Waals surface area contributed by atoms with Crippen LogP contribution in [0.4, 0.5) is 0 Å². The lowest BCUT2D eigenvalue weighted by molar-refractivity contribution is 0.232. The number of rotatable bonds is 7. The second kappa shape index (κ2) is 7.70. The van der Waals surface area contributed by atoms with Crippen molar-refractivity contribution in [2.24, 2.45) is 0 Å². The zero-order valence-corrected chi connectivity index (χ0v) is 13.4. The predicted molar refractivity (Wildman–Crippen MR) is 90.6 cm³/mol. The van der Waals surface area contributed by atoms with Gasteiger partial charge >= 0.3 is 0 Å². The number of hydrogen-bond acceptors (Lipinski definition) is 4. The van der Waals surface area contributed by atoms with Crippen molar-refractivity contribution in [3.63, 3.8) is 0 Å². The number of nitrogens with zero attached hydrogens (tertiary/aromatic N) is 3. The molecule has 0 fully saturated rings. The van der Waals surface area contributed by atoms with Crippen molar-refractivity contribution in [3.05, 3.63) is 72.1 Å². The lowest BCUT2D eigenvalue weighted by Gasteiger charge is -2.19. The standard InChI is InChI=1S/C19H21N3O/c1-2-13-22(14-16-9-5-3-6-10-16)15-18-20-21-19(23-18)17-11-7-4-8-12-17/h3-12H,2,13-15H2,1H3. The minimum Gasteiger partial charge on any atom is -0.419 e. The molecule has 0 atom stereocenters. The third-order valence-electron chi connectivity index (χ3n) is 3.64. The Bertz CT molecular complexity index is 710. The van der Waals surface area contributed by atoms with Crippen LogP contribution < -0.4 is 0 Å². The van der Waals surface area contributed by atoms with Gasteiger partial charge in [0.25, 0.3) is 0 Å². The van der Waals surface area contributed by atoms with E-state index in [-0.39, 0.29) is 0 Å². The van der Waals surface area contributed by atoms with Gasteiger partial charge in [-0.2, -0.15) is 0 Å². The van der Waals surface area contributed by atoms with E-state index in [4.69, 9.17) is 4.42 Å². The molecular formula is C19H21N3O. The van der Waals surface area contributed by atoms with E-state index in [0.717, 1.165) is 25.1 Å². The molecule has 2 aromatic carbocycles. The van der Waals surface area contributed by atoms with Crippen LogP contribution in [0.1, 0.15) is 24.8 Å². The Morgan fingerprint density at radius 3 is 2.26 bits per heavy atom. The highest BCUT2D eigenvalue weighted by atomic mass is 16.4. The van der Waals surface area contributed by atoms with Gasteiger partial charge < -0.3 is 4.42 Å². The Hall–Kier alpha value is -2.46. The third-order valence-corrected chi connectivity index (χ3v) is 3.64. The van der Waals surface area contributed by atoms with Gasteiger partial charge in [-0.3, -0.25) is 4.90 Å². The Kier molecular flexibility index (Phi) is 5.17. The van der Waals surface area contributed by atoms with Crippen LogP contribution in [0.2, 0.25) is 0 Å². The molecule has 0 N–H and O–H groups in total. The van der Waals surface area contributed by atoms with E-state index in [1.807, 2.05) is 36.4 Å². The monoisotopic (exact) mass is 307 g/mol. The van der Waals surface area contributed by atoms with Crippen LogP contribution in [-0.4, -0.2) is 21.6 Å². The maximum atomic E-state index is 5.82. The number of benzene rings is 2. The summed E-state index contributed by atoms with van der Waals surface area (Å²) in [7, 11) is 0. The van der Waals surface area contributed by atoms with E-state index < -0.39 is 0 Å². The molecule has 0 spiro atoms.